The molecule has 1 saturated heterocycles. The number of sulfonamides is 1. The molecule has 0 aliphatic carbocycles. The summed E-state index contributed by atoms with van der Waals surface area (Å²) in [7, 11) is -3.99. The molecule has 1 aliphatic heterocycles. The number of carbonyl (C=O) groups is 2. The molecule has 2 amide bonds. The number of hydrogen-bond acceptors (Lipinski definition) is 5. The summed E-state index contributed by atoms with van der Waals surface area (Å²) in [6.07, 6.45) is -0.530. The fourth-order valence-corrected chi connectivity index (χ4v) is 4.92. The summed E-state index contributed by atoms with van der Waals surface area (Å²) in [6.45, 7) is 1.86. The summed E-state index contributed by atoms with van der Waals surface area (Å²) in [5.41, 5.74) is 0.962. The van der Waals surface area contributed by atoms with Crippen molar-refractivity contribution >= 4 is 33.4 Å². The van der Waals surface area contributed by atoms with E-state index in [2.05, 4.69) is 10.6 Å². The van der Waals surface area contributed by atoms with Gasteiger partial charge in [0, 0.05) is 18.1 Å². The lowest BCUT2D eigenvalue weighted by atomic mass is 10.2. The standard InChI is InChI=1S/C21H23ClFN3O5S/c1-14-11-17(7-8-18(14)23)32(29,30)26-9-2-10-31-19(26)13-25-21(28)20(27)24-12-15-3-5-16(22)6-4-15/h3-8,11,19H,2,9-10,12-13H2,1H3,(H,24,27)(H,25,28). The molecule has 2 aromatic carbocycles. The molecule has 3 rings (SSSR count). The number of aryl methyl sites for hydroxylation is 1. The number of hydrogen-bond donors (Lipinski definition) is 2. The summed E-state index contributed by atoms with van der Waals surface area (Å²) in [4.78, 5) is 24.2. The second kappa shape index (κ2) is 10.4. The van der Waals surface area contributed by atoms with E-state index in [0.29, 0.717) is 18.1 Å². The van der Waals surface area contributed by atoms with Crippen molar-refractivity contribution in [3.8, 4) is 0 Å². The highest BCUT2D eigenvalue weighted by molar-refractivity contribution is 7.89. The Morgan fingerprint density at radius 3 is 2.53 bits per heavy atom. The number of amides is 2. The van der Waals surface area contributed by atoms with Gasteiger partial charge in [-0.15, -0.1) is 0 Å². The minimum atomic E-state index is -3.99. The van der Waals surface area contributed by atoms with E-state index in [-0.39, 0.29) is 30.1 Å². The Morgan fingerprint density at radius 2 is 1.84 bits per heavy atom. The first-order valence-electron chi connectivity index (χ1n) is 9.88. The van der Waals surface area contributed by atoms with Gasteiger partial charge in [0.05, 0.1) is 18.0 Å². The van der Waals surface area contributed by atoms with Crippen LogP contribution in [-0.4, -0.2) is 50.5 Å². The van der Waals surface area contributed by atoms with Crippen molar-refractivity contribution in [3.05, 3.63) is 64.4 Å². The molecule has 32 heavy (non-hydrogen) atoms. The highest BCUT2D eigenvalue weighted by atomic mass is 35.5. The van der Waals surface area contributed by atoms with Gasteiger partial charge >= 0.3 is 11.8 Å². The van der Waals surface area contributed by atoms with E-state index in [4.69, 9.17) is 16.3 Å². The van der Waals surface area contributed by atoms with Crippen molar-refractivity contribution in [2.75, 3.05) is 19.7 Å². The van der Waals surface area contributed by atoms with E-state index in [1.807, 2.05) is 0 Å². The maximum absolute atomic E-state index is 13.6. The molecule has 8 nitrogen and oxygen atoms in total. The van der Waals surface area contributed by atoms with Crippen molar-refractivity contribution in [3.63, 3.8) is 0 Å². The molecule has 2 N–H and O–H groups in total. The molecular formula is C21H23ClFN3O5S. The first kappa shape index (κ1) is 24.1. The molecule has 172 valence electrons. The molecule has 0 saturated carbocycles. The van der Waals surface area contributed by atoms with Crippen molar-refractivity contribution in [1.82, 2.24) is 14.9 Å². The summed E-state index contributed by atoms with van der Waals surface area (Å²) in [5.74, 6) is -2.28. The largest absolute Gasteiger partial charge is 0.360 e. The zero-order valence-corrected chi connectivity index (χ0v) is 18.9. The zero-order chi connectivity index (χ0) is 23.3. The number of nitrogens with one attached hydrogen (secondary N) is 2. The Morgan fingerprint density at radius 1 is 1.16 bits per heavy atom. The van der Waals surface area contributed by atoms with E-state index in [1.54, 1.807) is 24.3 Å². The van der Waals surface area contributed by atoms with Gasteiger partial charge in [0.2, 0.25) is 10.0 Å². The third-order valence-corrected chi connectivity index (χ3v) is 7.04. The van der Waals surface area contributed by atoms with Crippen LogP contribution in [0.3, 0.4) is 0 Å². The topological polar surface area (TPSA) is 105 Å². The van der Waals surface area contributed by atoms with Gasteiger partial charge < -0.3 is 15.4 Å². The van der Waals surface area contributed by atoms with Gasteiger partial charge in [0.1, 0.15) is 12.0 Å². The monoisotopic (exact) mass is 483 g/mol. The van der Waals surface area contributed by atoms with Crippen LogP contribution in [-0.2, 0) is 30.9 Å². The van der Waals surface area contributed by atoms with Crippen LogP contribution in [0.2, 0.25) is 5.02 Å². The normalized spacial score (nSPS) is 17.0. The van der Waals surface area contributed by atoms with E-state index >= 15 is 0 Å². The summed E-state index contributed by atoms with van der Waals surface area (Å²) in [5, 5.41) is 5.45. The van der Waals surface area contributed by atoms with Crippen LogP contribution in [0.15, 0.2) is 47.4 Å². The van der Waals surface area contributed by atoms with Gasteiger partial charge in [0.25, 0.3) is 0 Å². The van der Waals surface area contributed by atoms with E-state index in [0.717, 1.165) is 15.9 Å². The molecule has 0 bridgehead atoms. The van der Waals surface area contributed by atoms with Crippen LogP contribution < -0.4 is 10.6 Å². The average molecular weight is 484 g/mol. The van der Waals surface area contributed by atoms with Crippen LogP contribution in [0.5, 0.6) is 0 Å². The lowest BCUT2D eigenvalue weighted by Crippen LogP contribution is -2.53. The highest BCUT2D eigenvalue weighted by Crippen LogP contribution is 2.23. The molecule has 11 heteroatoms. The molecule has 0 radical (unpaired) electrons. The SMILES string of the molecule is Cc1cc(S(=O)(=O)N2CCCOC2CNC(=O)C(=O)NCc2ccc(Cl)cc2)ccc1F. The van der Waals surface area contributed by atoms with Crippen molar-refractivity contribution < 1.29 is 27.1 Å². The fraction of sp³-hybridized carbons (Fsp3) is 0.333. The third kappa shape index (κ3) is 5.83. The predicted octanol–water partition coefficient (Wildman–Crippen LogP) is 1.96. The molecule has 2 aromatic rings. The third-order valence-electron chi connectivity index (χ3n) is 4.90. The number of rotatable bonds is 6. The van der Waals surface area contributed by atoms with Crippen LogP contribution in [0.1, 0.15) is 17.5 Å². The number of benzene rings is 2. The number of halogens is 2. The number of nitrogens with zero attached hydrogens (tertiary/aromatic N) is 1. The number of ether oxygens (including phenoxy) is 1. The maximum atomic E-state index is 13.6. The maximum Gasteiger partial charge on any atom is 0.309 e. The minimum absolute atomic E-state index is 0.0704. The first-order valence-corrected chi connectivity index (χ1v) is 11.7. The van der Waals surface area contributed by atoms with E-state index in [9.17, 15) is 22.4 Å². The second-order valence-corrected chi connectivity index (χ2v) is 9.55. The highest BCUT2D eigenvalue weighted by Gasteiger charge is 2.35. The second-order valence-electron chi connectivity index (χ2n) is 7.22. The smallest absolute Gasteiger partial charge is 0.309 e. The Bertz CT molecular complexity index is 1100. The quantitative estimate of drug-likeness (QED) is 0.611. The first-order chi connectivity index (χ1) is 15.2. The molecule has 1 aliphatic rings. The Kier molecular flexibility index (Phi) is 7.83. The van der Waals surface area contributed by atoms with Crippen LogP contribution in [0.4, 0.5) is 4.39 Å². The van der Waals surface area contributed by atoms with Gasteiger partial charge in [-0.1, -0.05) is 23.7 Å². The zero-order valence-electron chi connectivity index (χ0n) is 17.3. The molecule has 0 aromatic heterocycles. The number of carbonyl (C=O) groups excluding carboxylic acids is 2. The van der Waals surface area contributed by atoms with E-state index < -0.39 is 33.9 Å². The van der Waals surface area contributed by atoms with Crippen LogP contribution in [0, 0.1) is 12.7 Å². The summed E-state index contributed by atoms with van der Waals surface area (Å²) < 4.78 is 46.3. The fourth-order valence-electron chi connectivity index (χ4n) is 3.14. The molecule has 1 atom stereocenters. The summed E-state index contributed by atoms with van der Waals surface area (Å²) in [6, 6.07) is 10.3. The average Bonchev–Trinajstić information content (AvgIpc) is 2.78. The molecule has 1 heterocycles. The molecule has 1 unspecified atom stereocenters. The Labute approximate surface area is 190 Å². The van der Waals surface area contributed by atoms with Crippen molar-refractivity contribution in [2.24, 2.45) is 0 Å². The van der Waals surface area contributed by atoms with Gasteiger partial charge in [0.15, 0.2) is 0 Å². The Hall–Kier alpha value is -2.53. The van der Waals surface area contributed by atoms with E-state index in [1.165, 1.54) is 19.1 Å². The molecule has 1 fully saturated rings. The molecule has 0 spiro atoms. The van der Waals surface area contributed by atoms with Crippen LogP contribution >= 0.6 is 11.6 Å². The summed E-state index contributed by atoms with van der Waals surface area (Å²) >= 11 is 5.81. The lowest BCUT2D eigenvalue weighted by Gasteiger charge is -2.34. The molecular weight excluding hydrogens is 461 g/mol. The van der Waals surface area contributed by atoms with Gasteiger partial charge in [-0.2, -0.15) is 4.31 Å². The van der Waals surface area contributed by atoms with Crippen LogP contribution in [0.25, 0.3) is 0 Å². The predicted molar refractivity (Wildman–Crippen MR) is 116 cm³/mol. The lowest BCUT2D eigenvalue weighted by molar-refractivity contribution is -0.140. The minimum Gasteiger partial charge on any atom is -0.360 e. The van der Waals surface area contributed by atoms with Crippen molar-refractivity contribution in [2.45, 2.75) is 31.0 Å². The van der Waals surface area contributed by atoms with Gasteiger partial charge in [-0.25, -0.2) is 12.8 Å². The van der Waals surface area contributed by atoms with Gasteiger partial charge in [-0.05, 0) is 54.8 Å². The Balaban J connectivity index is 1.60. The van der Waals surface area contributed by atoms with Gasteiger partial charge in [-0.3, -0.25) is 9.59 Å². The van der Waals surface area contributed by atoms with Crippen molar-refractivity contribution in [1.29, 1.82) is 0 Å².